The van der Waals surface area contributed by atoms with Crippen molar-refractivity contribution >= 4 is 11.6 Å². The van der Waals surface area contributed by atoms with Gasteiger partial charge in [-0.2, -0.15) is 10.4 Å². The lowest BCUT2D eigenvalue weighted by Gasteiger charge is -2.30. The first kappa shape index (κ1) is 12.4. The zero-order valence-corrected chi connectivity index (χ0v) is 10.9. The molecule has 1 saturated heterocycles. The van der Waals surface area contributed by atoms with Crippen LogP contribution in [0, 0.1) is 23.7 Å². The zero-order chi connectivity index (χ0) is 12.5. The lowest BCUT2D eigenvalue weighted by molar-refractivity contribution is 0.0223. The van der Waals surface area contributed by atoms with Crippen LogP contribution in [0.2, 0.25) is 5.15 Å². The summed E-state index contributed by atoms with van der Waals surface area (Å²) >= 11 is 6.20. The highest BCUT2D eigenvalue weighted by molar-refractivity contribution is 6.30. The van der Waals surface area contributed by atoms with Crippen molar-refractivity contribution in [2.24, 2.45) is 12.5 Å². The van der Waals surface area contributed by atoms with Crippen LogP contribution in [-0.2, 0) is 18.2 Å². The Balaban J connectivity index is 2.27. The van der Waals surface area contributed by atoms with Gasteiger partial charge in [0.2, 0.25) is 0 Å². The molecule has 0 aliphatic carbocycles. The topological polar surface area (TPSA) is 50.8 Å². The van der Waals surface area contributed by atoms with Crippen LogP contribution < -0.4 is 0 Å². The smallest absolute Gasteiger partial charge is 0.130 e. The normalized spacial score (nSPS) is 24.6. The maximum absolute atomic E-state index is 9.39. The molecule has 0 spiro atoms. The second-order valence-corrected chi connectivity index (χ2v) is 5.06. The highest BCUT2D eigenvalue weighted by Crippen LogP contribution is 2.34. The van der Waals surface area contributed by atoms with Crippen molar-refractivity contribution in [1.82, 2.24) is 9.78 Å². The second-order valence-electron chi connectivity index (χ2n) is 4.70. The number of ether oxygens (including phenoxy) is 1. The Labute approximate surface area is 106 Å². The van der Waals surface area contributed by atoms with E-state index < -0.39 is 5.41 Å². The van der Waals surface area contributed by atoms with E-state index in [1.165, 1.54) is 0 Å². The molecule has 0 aromatic carbocycles. The number of aromatic nitrogens is 2. The first-order valence-corrected chi connectivity index (χ1v) is 6.13. The third-order valence-corrected chi connectivity index (χ3v) is 3.82. The van der Waals surface area contributed by atoms with E-state index in [4.69, 9.17) is 16.3 Å². The third kappa shape index (κ3) is 2.31. The van der Waals surface area contributed by atoms with E-state index in [-0.39, 0.29) is 0 Å². The third-order valence-electron chi connectivity index (χ3n) is 3.34. The molecular formula is C12H16ClN3O. The predicted molar refractivity (Wildman–Crippen MR) is 64.8 cm³/mol. The Bertz CT molecular complexity index is 455. The molecule has 5 heteroatoms. The first-order valence-electron chi connectivity index (χ1n) is 5.75. The lowest BCUT2D eigenvalue weighted by Crippen LogP contribution is -2.32. The fourth-order valence-corrected chi connectivity index (χ4v) is 2.57. The molecule has 2 heterocycles. The summed E-state index contributed by atoms with van der Waals surface area (Å²) in [6, 6.07) is 2.41. The van der Waals surface area contributed by atoms with Crippen molar-refractivity contribution in [3.05, 3.63) is 16.4 Å². The standard InChI is InChI=1S/C12H16ClN3O/c1-9-10(11(13)16(2)15-9)6-12(7-14)4-3-5-17-8-12/h3-6,8H2,1-2H3. The SMILES string of the molecule is Cc1nn(C)c(Cl)c1CC1(C#N)CCCOC1. The van der Waals surface area contributed by atoms with Crippen LogP contribution in [0.15, 0.2) is 0 Å². The van der Waals surface area contributed by atoms with Gasteiger partial charge in [-0.25, -0.2) is 0 Å². The molecule has 1 aromatic heterocycles. The monoisotopic (exact) mass is 253 g/mol. The highest BCUT2D eigenvalue weighted by atomic mass is 35.5. The van der Waals surface area contributed by atoms with Crippen LogP contribution >= 0.6 is 11.6 Å². The van der Waals surface area contributed by atoms with Crippen LogP contribution in [0.5, 0.6) is 0 Å². The largest absolute Gasteiger partial charge is 0.380 e. The summed E-state index contributed by atoms with van der Waals surface area (Å²) in [5, 5.41) is 14.3. The van der Waals surface area contributed by atoms with Gasteiger partial charge in [0.1, 0.15) is 5.15 Å². The van der Waals surface area contributed by atoms with Crippen molar-refractivity contribution in [2.45, 2.75) is 26.2 Å². The summed E-state index contributed by atoms with van der Waals surface area (Å²) in [4.78, 5) is 0. The minimum Gasteiger partial charge on any atom is -0.380 e. The molecule has 0 N–H and O–H groups in total. The van der Waals surface area contributed by atoms with E-state index in [1.54, 1.807) is 4.68 Å². The fraction of sp³-hybridized carbons (Fsp3) is 0.667. The Morgan fingerprint density at radius 2 is 2.41 bits per heavy atom. The fourth-order valence-electron chi connectivity index (χ4n) is 2.33. The maximum atomic E-state index is 9.39. The first-order chi connectivity index (χ1) is 8.08. The van der Waals surface area contributed by atoms with E-state index in [2.05, 4.69) is 11.2 Å². The Kier molecular flexibility index (Phi) is 3.41. The van der Waals surface area contributed by atoms with Gasteiger partial charge in [-0.1, -0.05) is 11.6 Å². The van der Waals surface area contributed by atoms with Crippen molar-refractivity contribution in [1.29, 1.82) is 5.26 Å². The van der Waals surface area contributed by atoms with Crippen LogP contribution in [0.1, 0.15) is 24.1 Å². The minimum atomic E-state index is -0.435. The Hall–Kier alpha value is -1.05. The predicted octanol–water partition coefficient (Wildman–Crippen LogP) is 2.24. The van der Waals surface area contributed by atoms with Gasteiger partial charge >= 0.3 is 0 Å². The molecular weight excluding hydrogens is 238 g/mol. The molecule has 1 aliphatic rings. The van der Waals surface area contributed by atoms with Crippen molar-refractivity contribution < 1.29 is 4.74 Å². The number of halogens is 1. The van der Waals surface area contributed by atoms with Gasteiger partial charge in [0.25, 0.3) is 0 Å². The molecule has 1 unspecified atom stereocenters. The van der Waals surface area contributed by atoms with Gasteiger partial charge in [0.15, 0.2) is 0 Å². The molecule has 92 valence electrons. The average molecular weight is 254 g/mol. The molecule has 0 bridgehead atoms. The molecule has 1 aromatic rings. The van der Waals surface area contributed by atoms with Crippen LogP contribution in [0.25, 0.3) is 0 Å². The molecule has 1 fully saturated rings. The molecule has 4 nitrogen and oxygen atoms in total. The van der Waals surface area contributed by atoms with E-state index in [1.807, 2.05) is 14.0 Å². The summed E-state index contributed by atoms with van der Waals surface area (Å²) in [7, 11) is 1.81. The van der Waals surface area contributed by atoms with Crippen LogP contribution in [-0.4, -0.2) is 23.0 Å². The van der Waals surface area contributed by atoms with E-state index in [9.17, 15) is 5.26 Å². The molecule has 1 aliphatic heterocycles. The Morgan fingerprint density at radius 3 is 2.88 bits per heavy atom. The number of rotatable bonds is 2. The van der Waals surface area contributed by atoms with Gasteiger partial charge in [0, 0.05) is 19.2 Å². The Morgan fingerprint density at radius 1 is 1.65 bits per heavy atom. The van der Waals surface area contributed by atoms with Gasteiger partial charge in [-0.05, 0) is 26.2 Å². The summed E-state index contributed by atoms with van der Waals surface area (Å²) < 4.78 is 7.10. The number of hydrogen-bond acceptors (Lipinski definition) is 3. The number of nitrogens with zero attached hydrogens (tertiary/aromatic N) is 3. The van der Waals surface area contributed by atoms with E-state index in [0.717, 1.165) is 30.7 Å². The lowest BCUT2D eigenvalue weighted by atomic mass is 9.79. The number of nitriles is 1. The number of hydrogen-bond donors (Lipinski definition) is 0. The molecule has 0 radical (unpaired) electrons. The molecule has 0 saturated carbocycles. The van der Waals surface area contributed by atoms with E-state index in [0.29, 0.717) is 18.2 Å². The molecule has 2 rings (SSSR count). The minimum absolute atomic E-state index is 0.435. The average Bonchev–Trinajstić information content (AvgIpc) is 2.57. The van der Waals surface area contributed by atoms with Crippen LogP contribution in [0.3, 0.4) is 0 Å². The van der Waals surface area contributed by atoms with Crippen LogP contribution in [0.4, 0.5) is 0 Å². The van der Waals surface area contributed by atoms with Crippen molar-refractivity contribution in [3.63, 3.8) is 0 Å². The molecule has 17 heavy (non-hydrogen) atoms. The molecule has 1 atom stereocenters. The molecule has 0 amide bonds. The van der Waals surface area contributed by atoms with Crippen molar-refractivity contribution in [3.8, 4) is 6.07 Å². The maximum Gasteiger partial charge on any atom is 0.130 e. The number of aryl methyl sites for hydroxylation is 2. The summed E-state index contributed by atoms with van der Waals surface area (Å²) in [5.74, 6) is 0. The van der Waals surface area contributed by atoms with Crippen molar-refractivity contribution in [2.75, 3.05) is 13.2 Å². The summed E-state index contributed by atoms with van der Waals surface area (Å²) in [6.07, 6.45) is 2.43. The highest BCUT2D eigenvalue weighted by Gasteiger charge is 2.35. The van der Waals surface area contributed by atoms with E-state index >= 15 is 0 Å². The summed E-state index contributed by atoms with van der Waals surface area (Å²) in [5.41, 5.74) is 1.44. The zero-order valence-electron chi connectivity index (χ0n) is 10.2. The van der Waals surface area contributed by atoms with Gasteiger partial charge < -0.3 is 4.74 Å². The van der Waals surface area contributed by atoms with Gasteiger partial charge in [-0.3, -0.25) is 4.68 Å². The quantitative estimate of drug-likeness (QED) is 0.812. The second kappa shape index (κ2) is 4.67. The van der Waals surface area contributed by atoms with Gasteiger partial charge in [-0.15, -0.1) is 0 Å². The van der Waals surface area contributed by atoms with Gasteiger partial charge in [0.05, 0.1) is 23.8 Å². The summed E-state index contributed by atoms with van der Waals surface area (Å²) in [6.45, 7) is 3.17.